The highest BCUT2D eigenvalue weighted by molar-refractivity contribution is 5.99. The van der Waals surface area contributed by atoms with Crippen molar-refractivity contribution < 1.29 is 14.7 Å². The van der Waals surface area contributed by atoms with E-state index in [4.69, 9.17) is 5.11 Å². The first kappa shape index (κ1) is 15.6. The van der Waals surface area contributed by atoms with Crippen LogP contribution in [0.5, 0.6) is 0 Å². The number of carboxylic acid groups (broad SMARTS) is 1. The molecule has 1 aliphatic carbocycles. The topological polar surface area (TPSA) is 62.5 Å². The molecule has 1 saturated carbocycles. The quantitative estimate of drug-likeness (QED) is 0.891. The monoisotopic (exact) mass is 314 g/mol. The molecule has 1 amide bonds. The summed E-state index contributed by atoms with van der Waals surface area (Å²) >= 11 is 0. The van der Waals surface area contributed by atoms with Crippen LogP contribution in [0, 0.1) is 5.92 Å². The molecule has 0 saturated heterocycles. The molecule has 5 heteroatoms. The summed E-state index contributed by atoms with van der Waals surface area (Å²) < 4.78 is 2.01. The number of nitrogens with zero attached hydrogens (tertiary/aromatic N) is 2. The molecule has 0 aliphatic heterocycles. The van der Waals surface area contributed by atoms with Gasteiger partial charge in [-0.05, 0) is 31.9 Å². The van der Waals surface area contributed by atoms with Crippen LogP contribution in [-0.2, 0) is 11.3 Å². The lowest BCUT2D eigenvalue weighted by atomic mass is 10.1. The molecule has 3 rings (SSSR count). The van der Waals surface area contributed by atoms with Gasteiger partial charge < -0.3 is 14.6 Å². The fraction of sp³-hybridized carbons (Fsp3) is 0.444. The summed E-state index contributed by atoms with van der Waals surface area (Å²) in [5.74, 6) is -1.47. The lowest BCUT2D eigenvalue weighted by Gasteiger charge is -2.25. The molecule has 1 N–H and O–H groups in total. The molecule has 1 fully saturated rings. The molecular weight excluding hydrogens is 292 g/mol. The van der Waals surface area contributed by atoms with Crippen molar-refractivity contribution in [3.8, 4) is 0 Å². The Balaban J connectivity index is 1.95. The predicted octanol–water partition coefficient (Wildman–Crippen LogP) is 2.99. The maximum atomic E-state index is 13.0. The Hall–Kier alpha value is -2.30. The number of fused-ring (bicyclic) bond motifs is 1. The average molecular weight is 314 g/mol. The third-order valence-electron chi connectivity index (χ3n) is 4.49. The van der Waals surface area contributed by atoms with Gasteiger partial charge in [0.15, 0.2) is 0 Å². The van der Waals surface area contributed by atoms with Gasteiger partial charge in [0.2, 0.25) is 0 Å². The Kier molecular flexibility index (Phi) is 4.11. The van der Waals surface area contributed by atoms with Crippen molar-refractivity contribution in [2.45, 2.75) is 39.3 Å². The highest BCUT2D eigenvalue weighted by Crippen LogP contribution is 2.30. The standard InChI is InChI=1S/C18H22N2O3/c1-3-19-15-7-5-4-6-13(15)10-16(19)17(21)20(14-8-9-14)11-12(2)18(22)23/h4-7,10,12,14H,3,8-9,11H2,1-2H3,(H,22,23)/t12-/m1/s1. The van der Waals surface area contributed by atoms with Crippen LogP contribution in [0.3, 0.4) is 0 Å². The van der Waals surface area contributed by atoms with Crippen molar-refractivity contribution in [1.29, 1.82) is 0 Å². The molecule has 1 aromatic heterocycles. The summed E-state index contributed by atoms with van der Waals surface area (Å²) in [6, 6.07) is 10.0. The number of aromatic nitrogens is 1. The summed E-state index contributed by atoms with van der Waals surface area (Å²) in [6.45, 7) is 4.65. The zero-order chi connectivity index (χ0) is 16.6. The number of rotatable bonds is 6. The zero-order valence-corrected chi connectivity index (χ0v) is 13.5. The van der Waals surface area contributed by atoms with Crippen LogP contribution in [0.2, 0.25) is 0 Å². The molecule has 0 spiro atoms. The van der Waals surface area contributed by atoms with E-state index in [0.29, 0.717) is 12.2 Å². The largest absolute Gasteiger partial charge is 0.481 e. The first-order valence-electron chi connectivity index (χ1n) is 8.15. The number of aliphatic carboxylic acids is 1. The van der Waals surface area contributed by atoms with Gasteiger partial charge in [0.25, 0.3) is 5.91 Å². The molecule has 1 atom stereocenters. The third kappa shape index (κ3) is 2.96. The highest BCUT2D eigenvalue weighted by atomic mass is 16.4. The van der Waals surface area contributed by atoms with E-state index in [2.05, 4.69) is 0 Å². The maximum absolute atomic E-state index is 13.0. The normalized spacial score (nSPS) is 15.6. The van der Waals surface area contributed by atoms with Gasteiger partial charge in [-0.25, -0.2) is 0 Å². The van der Waals surface area contributed by atoms with E-state index in [1.807, 2.05) is 41.8 Å². The molecular formula is C18H22N2O3. The molecule has 122 valence electrons. The Labute approximate surface area is 135 Å². The van der Waals surface area contributed by atoms with E-state index in [-0.39, 0.29) is 18.5 Å². The number of benzene rings is 1. The van der Waals surface area contributed by atoms with Gasteiger partial charge in [-0.3, -0.25) is 9.59 Å². The second-order valence-electron chi connectivity index (χ2n) is 6.26. The Morgan fingerprint density at radius 3 is 2.65 bits per heavy atom. The second kappa shape index (κ2) is 6.07. The fourth-order valence-corrected chi connectivity index (χ4v) is 3.03. The highest BCUT2D eigenvalue weighted by Gasteiger charge is 2.36. The average Bonchev–Trinajstić information content (AvgIpc) is 3.31. The number of carboxylic acids is 1. The molecule has 1 aliphatic rings. The van der Waals surface area contributed by atoms with Gasteiger partial charge >= 0.3 is 5.97 Å². The first-order valence-corrected chi connectivity index (χ1v) is 8.15. The van der Waals surface area contributed by atoms with E-state index in [1.165, 1.54) is 0 Å². The molecule has 0 bridgehead atoms. The minimum Gasteiger partial charge on any atom is -0.481 e. The molecule has 0 radical (unpaired) electrons. The number of hydrogen-bond donors (Lipinski definition) is 1. The number of amides is 1. The van der Waals surface area contributed by atoms with E-state index in [0.717, 1.165) is 23.7 Å². The summed E-state index contributed by atoms with van der Waals surface area (Å²) in [5.41, 5.74) is 1.69. The minimum absolute atomic E-state index is 0.0568. The molecule has 1 aromatic carbocycles. The smallest absolute Gasteiger partial charge is 0.308 e. The SMILES string of the molecule is CCn1c(C(=O)N(C[C@@H](C)C(=O)O)C2CC2)cc2ccccc21. The van der Waals surface area contributed by atoms with Gasteiger partial charge in [-0.15, -0.1) is 0 Å². The van der Waals surface area contributed by atoms with Crippen LogP contribution >= 0.6 is 0 Å². The van der Waals surface area contributed by atoms with Crippen molar-refractivity contribution in [2.24, 2.45) is 5.92 Å². The number of aryl methyl sites for hydroxylation is 1. The zero-order valence-electron chi connectivity index (χ0n) is 13.5. The first-order chi connectivity index (χ1) is 11.0. The van der Waals surface area contributed by atoms with Crippen molar-refractivity contribution in [1.82, 2.24) is 9.47 Å². The minimum atomic E-state index is -0.862. The van der Waals surface area contributed by atoms with Crippen LogP contribution in [0.1, 0.15) is 37.2 Å². The molecule has 23 heavy (non-hydrogen) atoms. The van der Waals surface area contributed by atoms with E-state index >= 15 is 0 Å². The van der Waals surface area contributed by atoms with Crippen LogP contribution in [0.25, 0.3) is 10.9 Å². The summed E-state index contributed by atoms with van der Waals surface area (Å²) in [5, 5.41) is 10.2. The van der Waals surface area contributed by atoms with Gasteiger partial charge in [0.05, 0.1) is 5.92 Å². The van der Waals surface area contributed by atoms with E-state index < -0.39 is 11.9 Å². The molecule has 2 aromatic rings. The Morgan fingerprint density at radius 2 is 2.04 bits per heavy atom. The van der Waals surface area contributed by atoms with E-state index in [1.54, 1.807) is 11.8 Å². The fourth-order valence-electron chi connectivity index (χ4n) is 3.03. The van der Waals surface area contributed by atoms with Crippen LogP contribution in [0.15, 0.2) is 30.3 Å². The number of carbonyl (C=O) groups excluding carboxylic acids is 1. The number of hydrogen-bond acceptors (Lipinski definition) is 2. The van der Waals surface area contributed by atoms with Crippen molar-refractivity contribution in [3.05, 3.63) is 36.0 Å². The predicted molar refractivity (Wildman–Crippen MR) is 88.5 cm³/mol. The number of carbonyl (C=O) groups is 2. The van der Waals surface area contributed by atoms with Crippen molar-refractivity contribution >= 4 is 22.8 Å². The summed E-state index contributed by atoms with van der Waals surface area (Å²) in [4.78, 5) is 26.0. The van der Waals surface area contributed by atoms with E-state index in [9.17, 15) is 9.59 Å². The Bertz CT molecular complexity index is 746. The van der Waals surface area contributed by atoms with Crippen molar-refractivity contribution in [3.63, 3.8) is 0 Å². The van der Waals surface area contributed by atoms with Gasteiger partial charge in [0, 0.05) is 30.0 Å². The lowest BCUT2D eigenvalue weighted by molar-refractivity contribution is -0.141. The summed E-state index contributed by atoms with van der Waals surface area (Å²) in [7, 11) is 0. The van der Waals surface area contributed by atoms with Crippen molar-refractivity contribution in [2.75, 3.05) is 6.54 Å². The lowest BCUT2D eigenvalue weighted by Crippen LogP contribution is -2.39. The van der Waals surface area contributed by atoms with Crippen LogP contribution < -0.4 is 0 Å². The molecule has 0 unspecified atom stereocenters. The molecule has 5 nitrogen and oxygen atoms in total. The Morgan fingerprint density at radius 1 is 1.35 bits per heavy atom. The van der Waals surface area contributed by atoms with Gasteiger partial charge in [-0.2, -0.15) is 0 Å². The van der Waals surface area contributed by atoms with Crippen LogP contribution in [0.4, 0.5) is 0 Å². The summed E-state index contributed by atoms with van der Waals surface area (Å²) in [6.07, 6.45) is 1.93. The van der Waals surface area contributed by atoms with Gasteiger partial charge in [0.1, 0.15) is 5.69 Å². The van der Waals surface area contributed by atoms with Crippen LogP contribution in [-0.4, -0.2) is 39.0 Å². The number of para-hydroxylation sites is 1. The molecule has 1 heterocycles. The maximum Gasteiger partial charge on any atom is 0.308 e. The van der Waals surface area contributed by atoms with Gasteiger partial charge in [-0.1, -0.05) is 25.1 Å². The second-order valence-corrected chi connectivity index (χ2v) is 6.26. The third-order valence-corrected chi connectivity index (χ3v) is 4.49.